The van der Waals surface area contributed by atoms with E-state index in [2.05, 4.69) is 36.5 Å². The zero-order valence-electron chi connectivity index (χ0n) is 16.0. The van der Waals surface area contributed by atoms with Gasteiger partial charge in [0.2, 0.25) is 5.82 Å². The van der Waals surface area contributed by atoms with E-state index >= 15 is 0 Å². The number of anilines is 1. The second-order valence-corrected chi connectivity index (χ2v) is 6.91. The van der Waals surface area contributed by atoms with Gasteiger partial charge in [0.05, 0.1) is 20.2 Å². The molecule has 3 rings (SSSR count). The van der Waals surface area contributed by atoms with Gasteiger partial charge in [0, 0.05) is 19.7 Å². The van der Waals surface area contributed by atoms with Crippen molar-refractivity contribution < 1.29 is 4.79 Å². The van der Waals surface area contributed by atoms with E-state index < -0.39 is 0 Å². The van der Waals surface area contributed by atoms with Gasteiger partial charge >= 0.3 is 6.03 Å². The lowest BCUT2D eigenvalue weighted by molar-refractivity contribution is 0.230. The number of nitrogens with zero attached hydrogens (tertiary/aromatic N) is 4. The maximum atomic E-state index is 12.1. The van der Waals surface area contributed by atoms with Crippen molar-refractivity contribution in [3.8, 4) is 11.4 Å². The van der Waals surface area contributed by atoms with Gasteiger partial charge in [0.15, 0.2) is 5.82 Å². The van der Waals surface area contributed by atoms with Crippen LogP contribution in [0.2, 0.25) is 0 Å². The maximum Gasteiger partial charge on any atom is 0.322 e. The highest BCUT2D eigenvalue weighted by molar-refractivity contribution is 5.88. The molecule has 0 bridgehead atoms. The molecule has 0 fully saturated rings. The minimum atomic E-state index is -0.233. The Bertz CT molecular complexity index is 924. The Balaban J connectivity index is 2.11. The second kappa shape index (κ2) is 7.55. The molecule has 0 atom stereocenters. The first-order valence-electron chi connectivity index (χ1n) is 8.71. The van der Waals surface area contributed by atoms with Crippen LogP contribution in [0.4, 0.5) is 22.1 Å². The van der Waals surface area contributed by atoms with Crippen LogP contribution in [0.5, 0.6) is 0 Å². The van der Waals surface area contributed by atoms with Crippen molar-refractivity contribution in [2.45, 2.75) is 0 Å². The normalized spacial score (nSPS) is 11.1. The molecule has 3 aromatic rings. The molecule has 2 amide bonds. The summed E-state index contributed by atoms with van der Waals surface area (Å²) in [7, 11) is 7.51. The number of benzene rings is 2. The van der Waals surface area contributed by atoms with Gasteiger partial charge in [0.25, 0.3) is 0 Å². The Morgan fingerprint density at radius 2 is 1.52 bits per heavy atom. The summed E-state index contributed by atoms with van der Waals surface area (Å²) in [5.74, 6) is 1.83. The van der Waals surface area contributed by atoms with Crippen LogP contribution in [-0.4, -0.2) is 49.1 Å². The monoisotopic (exact) mass is 362 g/mol. The zero-order chi connectivity index (χ0) is 19.4. The SMILES string of the molecule is CN(C)C(=O)Nc1cc([N+](C)(C)c2ccccc2)nc(-c2ccccc2)n1. The molecule has 0 radical (unpaired) electrons. The fourth-order valence-corrected chi connectivity index (χ4v) is 2.66. The first-order chi connectivity index (χ1) is 12.9. The molecule has 1 N–H and O–H groups in total. The van der Waals surface area contributed by atoms with Crippen molar-refractivity contribution in [2.75, 3.05) is 33.5 Å². The number of para-hydroxylation sites is 1. The molecule has 0 spiro atoms. The van der Waals surface area contributed by atoms with Crippen molar-refractivity contribution in [2.24, 2.45) is 0 Å². The number of carbonyl (C=O) groups is 1. The molecule has 2 aromatic carbocycles. The minimum absolute atomic E-state index is 0.233. The van der Waals surface area contributed by atoms with E-state index in [0.29, 0.717) is 16.1 Å². The van der Waals surface area contributed by atoms with Crippen LogP contribution in [0.3, 0.4) is 0 Å². The van der Waals surface area contributed by atoms with E-state index in [-0.39, 0.29) is 6.03 Å². The lowest BCUT2D eigenvalue weighted by atomic mass is 10.2. The lowest BCUT2D eigenvalue weighted by Gasteiger charge is -2.28. The van der Waals surface area contributed by atoms with Crippen LogP contribution in [0.15, 0.2) is 66.7 Å². The third-order valence-corrected chi connectivity index (χ3v) is 4.36. The summed E-state index contributed by atoms with van der Waals surface area (Å²) in [4.78, 5) is 23.0. The molecule has 27 heavy (non-hydrogen) atoms. The average Bonchev–Trinajstić information content (AvgIpc) is 2.69. The number of quaternary nitrogens is 1. The molecular formula is C21H24N5O+. The molecule has 6 heteroatoms. The summed E-state index contributed by atoms with van der Waals surface area (Å²) in [5, 5.41) is 2.84. The number of rotatable bonds is 4. The maximum absolute atomic E-state index is 12.1. The van der Waals surface area contributed by atoms with Gasteiger partial charge in [-0.1, -0.05) is 48.5 Å². The Kier molecular flexibility index (Phi) is 5.19. The highest BCUT2D eigenvalue weighted by Gasteiger charge is 2.26. The van der Waals surface area contributed by atoms with Crippen LogP contribution in [-0.2, 0) is 0 Å². The first kappa shape index (κ1) is 18.5. The number of aromatic nitrogens is 2. The predicted octanol–water partition coefficient (Wildman–Crippen LogP) is 4.14. The summed E-state index contributed by atoms with van der Waals surface area (Å²) in [6.07, 6.45) is 0. The predicted molar refractivity (Wildman–Crippen MR) is 110 cm³/mol. The zero-order valence-corrected chi connectivity index (χ0v) is 16.0. The van der Waals surface area contributed by atoms with Gasteiger partial charge in [-0.15, -0.1) is 0 Å². The Labute approximate surface area is 159 Å². The van der Waals surface area contributed by atoms with Crippen LogP contribution in [0.25, 0.3) is 11.4 Å². The molecule has 138 valence electrons. The van der Waals surface area contributed by atoms with Gasteiger partial charge in [-0.3, -0.25) is 5.32 Å². The molecule has 1 heterocycles. The van der Waals surface area contributed by atoms with Gasteiger partial charge < -0.3 is 4.90 Å². The van der Waals surface area contributed by atoms with E-state index in [9.17, 15) is 4.79 Å². The van der Waals surface area contributed by atoms with Gasteiger partial charge in [-0.05, 0) is 12.1 Å². The highest BCUT2D eigenvalue weighted by atomic mass is 16.2. The third kappa shape index (κ3) is 4.12. The minimum Gasteiger partial charge on any atom is -0.331 e. The third-order valence-electron chi connectivity index (χ3n) is 4.36. The van der Waals surface area contributed by atoms with E-state index in [1.807, 2.05) is 54.6 Å². The van der Waals surface area contributed by atoms with Crippen molar-refractivity contribution >= 4 is 23.4 Å². The quantitative estimate of drug-likeness (QED) is 0.710. The topological polar surface area (TPSA) is 58.1 Å². The molecule has 1 aromatic heterocycles. The van der Waals surface area contributed by atoms with Crippen molar-refractivity contribution in [3.05, 3.63) is 66.7 Å². The van der Waals surface area contributed by atoms with E-state index in [0.717, 1.165) is 17.1 Å². The fourth-order valence-electron chi connectivity index (χ4n) is 2.66. The summed E-state index contributed by atoms with van der Waals surface area (Å²) in [6.45, 7) is 0. The second-order valence-electron chi connectivity index (χ2n) is 6.91. The summed E-state index contributed by atoms with van der Waals surface area (Å²) in [5.41, 5.74) is 1.98. The first-order valence-corrected chi connectivity index (χ1v) is 8.71. The molecule has 0 saturated carbocycles. The number of amides is 2. The van der Waals surface area contributed by atoms with Crippen LogP contribution in [0.1, 0.15) is 0 Å². The largest absolute Gasteiger partial charge is 0.331 e. The van der Waals surface area contributed by atoms with Crippen LogP contribution in [0, 0.1) is 0 Å². The Hall–Kier alpha value is -3.25. The van der Waals surface area contributed by atoms with Crippen LogP contribution >= 0.6 is 0 Å². The smallest absolute Gasteiger partial charge is 0.322 e. The van der Waals surface area contributed by atoms with Gasteiger partial charge in [-0.2, -0.15) is 4.98 Å². The number of hydrogen-bond acceptors (Lipinski definition) is 3. The molecule has 6 nitrogen and oxygen atoms in total. The lowest BCUT2D eigenvalue weighted by Crippen LogP contribution is -2.35. The summed E-state index contributed by atoms with van der Waals surface area (Å²) < 4.78 is 0.425. The number of nitrogens with one attached hydrogen (secondary N) is 1. The standard InChI is InChI=1S/C21H23N5O/c1-25(2)21(27)23-18-15-19(26(3,4)17-13-9-6-10-14-17)24-20(22-18)16-11-7-5-8-12-16/h5-15H,1-4H3/p+1. The summed E-state index contributed by atoms with van der Waals surface area (Å²) in [6, 6.07) is 21.5. The number of hydrogen-bond donors (Lipinski definition) is 1. The molecule has 0 aliphatic rings. The Morgan fingerprint density at radius 3 is 2.11 bits per heavy atom. The van der Waals surface area contributed by atoms with E-state index in [1.165, 1.54) is 4.90 Å². The van der Waals surface area contributed by atoms with Crippen molar-refractivity contribution in [1.82, 2.24) is 19.4 Å². The van der Waals surface area contributed by atoms with Gasteiger partial charge in [-0.25, -0.2) is 14.3 Å². The molecule has 0 saturated heterocycles. The molecular weight excluding hydrogens is 338 g/mol. The van der Waals surface area contributed by atoms with Crippen molar-refractivity contribution in [3.63, 3.8) is 0 Å². The fraction of sp³-hybridized carbons (Fsp3) is 0.190. The molecule has 0 aliphatic heterocycles. The number of urea groups is 1. The van der Waals surface area contributed by atoms with Crippen molar-refractivity contribution in [1.29, 1.82) is 0 Å². The number of carbonyl (C=O) groups excluding carboxylic acids is 1. The van der Waals surface area contributed by atoms with E-state index in [4.69, 9.17) is 4.98 Å². The Morgan fingerprint density at radius 1 is 0.926 bits per heavy atom. The average molecular weight is 362 g/mol. The summed E-state index contributed by atoms with van der Waals surface area (Å²) >= 11 is 0. The molecule has 0 unspecified atom stereocenters. The molecule has 0 aliphatic carbocycles. The van der Waals surface area contributed by atoms with Crippen LogP contribution < -0.4 is 9.80 Å². The van der Waals surface area contributed by atoms with Gasteiger partial charge in [0.1, 0.15) is 11.5 Å². The van der Waals surface area contributed by atoms with E-state index in [1.54, 1.807) is 14.1 Å². The highest BCUT2D eigenvalue weighted by Crippen LogP contribution is 2.31.